The van der Waals surface area contributed by atoms with Gasteiger partial charge in [-0.3, -0.25) is 9.59 Å². The molecule has 2 aromatic carbocycles. The summed E-state index contributed by atoms with van der Waals surface area (Å²) in [5.41, 5.74) is 3.12. The van der Waals surface area contributed by atoms with Crippen molar-refractivity contribution in [3.8, 4) is 11.5 Å². The van der Waals surface area contributed by atoms with E-state index in [4.69, 9.17) is 9.47 Å². The minimum absolute atomic E-state index is 0.0569. The molecule has 170 valence electrons. The van der Waals surface area contributed by atoms with Gasteiger partial charge >= 0.3 is 5.24 Å². The van der Waals surface area contributed by atoms with Crippen LogP contribution < -0.4 is 14.8 Å². The van der Waals surface area contributed by atoms with Crippen LogP contribution >= 0.6 is 11.8 Å². The van der Waals surface area contributed by atoms with E-state index in [-0.39, 0.29) is 16.4 Å². The first-order chi connectivity index (χ1) is 15.5. The van der Waals surface area contributed by atoms with Crippen LogP contribution in [0.15, 0.2) is 47.6 Å². The maximum absolute atomic E-state index is 12.7. The standard InChI is InChI=1S/C23H26FN3O4S/c1-4-20-22(16-8-11-18(31-14-24)19(12-16)30-3)26-27(23(29)32-20)13-15-6-9-17(10-7-15)25-21(28)5-2/h6-12,20H,4-5,13-14H2,1-3H3,(H,25,28). The number of nitrogens with one attached hydrogen (secondary N) is 1. The number of carbonyl (C=O) groups excluding carboxylic acids is 2. The number of rotatable bonds is 9. The van der Waals surface area contributed by atoms with E-state index in [0.717, 1.165) is 23.3 Å². The van der Waals surface area contributed by atoms with Gasteiger partial charge in [0.2, 0.25) is 12.8 Å². The summed E-state index contributed by atoms with van der Waals surface area (Å²) in [6.07, 6.45) is 1.13. The summed E-state index contributed by atoms with van der Waals surface area (Å²) in [7, 11) is 1.49. The summed E-state index contributed by atoms with van der Waals surface area (Å²) < 4.78 is 22.9. The van der Waals surface area contributed by atoms with Crippen LogP contribution in [0.1, 0.15) is 37.8 Å². The lowest BCUT2D eigenvalue weighted by atomic mass is 10.0. The van der Waals surface area contributed by atoms with Crippen molar-refractivity contribution in [1.82, 2.24) is 5.01 Å². The fraction of sp³-hybridized carbons (Fsp3) is 0.348. The third-order valence-corrected chi connectivity index (χ3v) is 6.17. The zero-order valence-corrected chi connectivity index (χ0v) is 19.1. The Morgan fingerprint density at radius 1 is 1.19 bits per heavy atom. The predicted octanol–water partition coefficient (Wildman–Crippen LogP) is 5.20. The lowest BCUT2D eigenvalue weighted by molar-refractivity contribution is -0.115. The van der Waals surface area contributed by atoms with E-state index in [1.807, 2.05) is 19.1 Å². The molecular weight excluding hydrogens is 433 g/mol. The van der Waals surface area contributed by atoms with Crippen molar-refractivity contribution in [3.63, 3.8) is 0 Å². The molecule has 0 aliphatic carbocycles. The van der Waals surface area contributed by atoms with Crippen molar-refractivity contribution in [2.24, 2.45) is 5.10 Å². The fourth-order valence-corrected chi connectivity index (χ4v) is 4.15. The quantitative estimate of drug-likeness (QED) is 0.557. The predicted molar refractivity (Wildman–Crippen MR) is 124 cm³/mol. The van der Waals surface area contributed by atoms with Gasteiger partial charge in [0, 0.05) is 17.7 Å². The Morgan fingerprint density at radius 3 is 2.56 bits per heavy atom. The van der Waals surface area contributed by atoms with Gasteiger partial charge in [0.1, 0.15) is 0 Å². The molecule has 32 heavy (non-hydrogen) atoms. The van der Waals surface area contributed by atoms with Gasteiger partial charge in [-0.2, -0.15) is 5.10 Å². The van der Waals surface area contributed by atoms with Gasteiger partial charge < -0.3 is 14.8 Å². The van der Waals surface area contributed by atoms with E-state index in [9.17, 15) is 14.0 Å². The molecule has 1 unspecified atom stereocenters. The maximum atomic E-state index is 12.7. The van der Waals surface area contributed by atoms with Crippen LogP contribution in [0, 0.1) is 0 Å². The highest BCUT2D eigenvalue weighted by molar-refractivity contribution is 8.14. The Balaban J connectivity index is 1.85. The van der Waals surface area contributed by atoms with Gasteiger partial charge in [-0.15, -0.1) is 0 Å². The average Bonchev–Trinajstić information content (AvgIpc) is 2.81. The fourth-order valence-electron chi connectivity index (χ4n) is 3.21. The molecule has 1 atom stereocenters. The van der Waals surface area contributed by atoms with E-state index in [0.29, 0.717) is 30.2 Å². The first kappa shape index (κ1) is 23.6. The van der Waals surface area contributed by atoms with Crippen molar-refractivity contribution < 1.29 is 23.5 Å². The molecule has 0 spiro atoms. The molecule has 7 nitrogen and oxygen atoms in total. The lowest BCUT2D eigenvalue weighted by Crippen LogP contribution is -2.34. The molecule has 0 saturated heterocycles. The highest BCUT2D eigenvalue weighted by Crippen LogP contribution is 2.34. The van der Waals surface area contributed by atoms with Crippen molar-refractivity contribution in [3.05, 3.63) is 53.6 Å². The van der Waals surface area contributed by atoms with Crippen LogP contribution in [0.25, 0.3) is 0 Å². The van der Waals surface area contributed by atoms with Gasteiger partial charge in [0.25, 0.3) is 0 Å². The molecule has 0 radical (unpaired) electrons. The molecule has 0 fully saturated rings. The number of methoxy groups -OCH3 is 1. The molecule has 9 heteroatoms. The third kappa shape index (κ3) is 5.59. The first-order valence-corrected chi connectivity index (χ1v) is 11.2. The molecule has 0 bridgehead atoms. The summed E-state index contributed by atoms with van der Waals surface area (Å²) in [4.78, 5) is 24.2. The Kier molecular flexibility index (Phi) is 8.10. The van der Waals surface area contributed by atoms with Crippen molar-refractivity contribution in [2.75, 3.05) is 19.3 Å². The summed E-state index contributed by atoms with van der Waals surface area (Å²) in [5.74, 6) is 0.647. The molecule has 1 aliphatic heterocycles. The molecular formula is C23H26FN3O4S. The molecule has 2 aromatic rings. The first-order valence-electron chi connectivity index (χ1n) is 10.3. The SMILES string of the molecule is CCC(=O)Nc1ccc(CN2N=C(c3ccc(OCF)c(OC)c3)C(CC)SC2=O)cc1. The second-order valence-electron chi connectivity index (χ2n) is 7.04. The zero-order chi connectivity index (χ0) is 23.1. The number of halogens is 1. The van der Waals surface area contributed by atoms with Crippen LogP contribution in [-0.2, 0) is 11.3 Å². The maximum Gasteiger partial charge on any atom is 0.302 e. The van der Waals surface area contributed by atoms with Crippen molar-refractivity contribution in [1.29, 1.82) is 0 Å². The second kappa shape index (κ2) is 11.0. The topological polar surface area (TPSA) is 80.2 Å². The van der Waals surface area contributed by atoms with E-state index < -0.39 is 6.86 Å². The highest BCUT2D eigenvalue weighted by atomic mass is 32.2. The van der Waals surface area contributed by atoms with Crippen LogP contribution in [-0.4, -0.2) is 41.1 Å². The number of nitrogens with zero attached hydrogens (tertiary/aromatic N) is 2. The largest absolute Gasteiger partial charge is 0.493 e. The molecule has 1 N–H and O–H groups in total. The summed E-state index contributed by atoms with van der Waals surface area (Å²) in [5, 5.41) is 8.65. The zero-order valence-electron chi connectivity index (χ0n) is 18.3. The Hall–Kier alpha value is -3.07. The van der Waals surface area contributed by atoms with Gasteiger partial charge in [-0.05, 0) is 42.3 Å². The summed E-state index contributed by atoms with van der Waals surface area (Å²) in [6, 6.07) is 12.5. The molecule has 0 saturated carbocycles. The highest BCUT2D eigenvalue weighted by Gasteiger charge is 2.30. The number of alkyl halides is 1. The molecule has 1 aliphatic rings. The second-order valence-corrected chi connectivity index (χ2v) is 8.20. The smallest absolute Gasteiger partial charge is 0.302 e. The van der Waals surface area contributed by atoms with Gasteiger partial charge in [-0.25, -0.2) is 9.40 Å². The number of anilines is 1. The van der Waals surface area contributed by atoms with Crippen LogP contribution in [0.2, 0.25) is 0 Å². The molecule has 3 rings (SSSR count). The molecule has 2 amide bonds. The Morgan fingerprint density at radius 2 is 1.94 bits per heavy atom. The third-order valence-electron chi connectivity index (χ3n) is 4.92. The number of hydrogen-bond donors (Lipinski definition) is 1. The number of hydrogen-bond acceptors (Lipinski definition) is 6. The molecule has 1 heterocycles. The van der Waals surface area contributed by atoms with Crippen molar-refractivity contribution in [2.45, 2.75) is 38.5 Å². The van der Waals surface area contributed by atoms with E-state index >= 15 is 0 Å². The number of carbonyl (C=O) groups is 2. The van der Waals surface area contributed by atoms with Crippen LogP contribution in [0.3, 0.4) is 0 Å². The minimum Gasteiger partial charge on any atom is -0.493 e. The van der Waals surface area contributed by atoms with Gasteiger partial charge in [0.05, 0.1) is 24.6 Å². The minimum atomic E-state index is -0.951. The number of hydrazone groups is 1. The Labute approximate surface area is 191 Å². The monoisotopic (exact) mass is 459 g/mol. The van der Waals surface area contributed by atoms with E-state index in [1.165, 1.54) is 23.9 Å². The van der Waals surface area contributed by atoms with Gasteiger partial charge in [0.15, 0.2) is 11.5 Å². The van der Waals surface area contributed by atoms with E-state index in [1.54, 1.807) is 37.3 Å². The number of benzene rings is 2. The molecule has 0 aromatic heterocycles. The number of thioether (sulfide) groups is 1. The average molecular weight is 460 g/mol. The lowest BCUT2D eigenvalue weighted by Gasteiger charge is -2.28. The number of amides is 2. The summed E-state index contributed by atoms with van der Waals surface area (Å²) in [6.45, 7) is 3.14. The van der Waals surface area contributed by atoms with E-state index in [2.05, 4.69) is 10.4 Å². The van der Waals surface area contributed by atoms with Crippen LogP contribution in [0.4, 0.5) is 14.9 Å². The Bertz CT molecular complexity index is 997. The summed E-state index contributed by atoms with van der Waals surface area (Å²) >= 11 is 1.23. The van der Waals surface area contributed by atoms with Crippen molar-refractivity contribution >= 4 is 34.3 Å². The van der Waals surface area contributed by atoms with Crippen LogP contribution in [0.5, 0.6) is 11.5 Å². The normalized spacial score (nSPS) is 15.9. The number of ether oxygens (including phenoxy) is 2. The van der Waals surface area contributed by atoms with Gasteiger partial charge in [-0.1, -0.05) is 37.7 Å².